The van der Waals surface area contributed by atoms with Crippen molar-refractivity contribution >= 4 is 5.91 Å². The van der Waals surface area contributed by atoms with E-state index in [1.807, 2.05) is 55.4 Å². The monoisotopic (exact) mass is 394 g/mol. The first-order valence-corrected chi connectivity index (χ1v) is 9.95. The molecule has 29 heavy (non-hydrogen) atoms. The summed E-state index contributed by atoms with van der Waals surface area (Å²) in [5.74, 6) is 1.56. The van der Waals surface area contributed by atoms with Crippen LogP contribution in [0, 0.1) is 6.92 Å². The molecule has 1 saturated heterocycles. The van der Waals surface area contributed by atoms with Crippen LogP contribution in [0.25, 0.3) is 11.3 Å². The van der Waals surface area contributed by atoms with E-state index in [0.717, 1.165) is 54.1 Å². The number of carbonyl (C=O) groups excluding carboxylic acids is 1. The fraction of sp³-hybridized carbons (Fsp3) is 0.409. The molecule has 0 spiro atoms. The van der Waals surface area contributed by atoms with Gasteiger partial charge in [0, 0.05) is 25.9 Å². The Morgan fingerprint density at radius 1 is 1.31 bits per heavy atom. The van der Waals surface area contributed by atoms with Crippen LogP contribution in [-0.4, -0.2) is 39.4 Å². The van der Waals surface area contributed by atoms with Crippen molar-refractivity contribution < 1.29 is 14.1 Å². The van der Waals surface area contributed by atoms with Crippen molar-refractivity contribution in [2.45, 2.75) is 38.6 Å². The van der Waals surface area contributed by atoms with Crippen LogP contribution in [-0.2, 0) is 18.3 Å². The molecule has 4 rings (SSSR count). The molecule has 1 aliphatic heterocycles. The van der Waals surface area contributed by atoms with Gasteiger partial charge in [0.2, 0.25) is 5.91 Å². The van der Waals surface area contributed by atoms with Gasteiger partial charge >= 0.3 is 0 Å². The van der Waals surface area contributed by atoms with E-state index in [1.54, 1.807) is 11.8 Å². The number of aryl methyl sites for hydroxylation is 2. The van der Waals surface area contributed by atoms with Gasteiger partial charge in [0.05, 0.1) is 36.5 Å². The maximum atomic E-state index is 13.2. The van der Waals surface area contributed by atoms with Crippen molar-refractivity contribution in [2.24, 2.45) is 7.05 Å². The molecule has 0 unspecified atom stereocenters. The Balaban J connectivity index is 1.62. The summed E-state index contributed by atoms with van der Waals surface area (Å²) in [5, 5.41) is 8.71. The summed E-state index contributed by atoms with van der Waals surface area (Å²) in [5.41, 5.74) is 3.55. The summed E-state index contributed by atoms with van der Waals surface area (Å²) in [6.45, 7) is 2.63. The Bertz CT molecular complexity index is 1010. The maximum Gasteiger partial charge on any atom is 0.227 e. The van der Waals surface area contributed by atoms with Gasteiger partial charge in [-0.15, -0.1) is 0 Å². The molecule has 7 nitrogen and oxygen atoms in total. The summed E-state index contributed by atoms with van der Waals surface area (Å²) >= 11 is 0. The van der Waals surface area contributed by atoms with Crippen LogP contribution in [0.2, 0.25) is 0 Å². The summed E-state index contributed by atoms with van der Waals surface area (Å²) in [6.07, 6.45) is 5.25. The van der Waals surface area contributed by atoms with E-state index < -0.39 is 0 Å². The zero-order valence-corrected chi connectivity index (χ0v) is 17.1. The number of hydrogen-bond acceptors (Lipinski definition) is 5. The average molecular weight is 394 g/mol. The van der Waals surface area contributed by atoms with E-state index in [1.165, 1.54) is 0 Å². The number of ether oxygens (including phenoxy) is 1. The Labute approximate surface area is 170 Å². The maximum absolute atomic E-state index is 13.2. The molecule has 1 atom stereocenters. The van der Waals surface area contributed by atoms with Crippen LogP contribution in [0.5, 0.6) is 5.75 Å². The minimum atomic E-state index is -0.0662. The highest BCUT2D eigenvalue weighted by Crippen LogP contribution is 2.36. The number of piperidine rings is 1. The van der Waals surface area contributed by atoms with E-state index in [0.29, 0.717) is 12.2 Å². The van der Waals surface area contributed by atoms with Gasteiger partial charge in [0.25, 0.3) is 0 Å². The molecule has 152 valence electrons. The smallest absolute Gasteiger partial charge is 0.227 e. The van der Waals surface area contributed by atoms with E-state index in [9.17, 15) is 4.79 Å². The zero-order chi connectivity index (χ0) is 20.4. The number of aromatic nitrogens is 3. The molecule has 1 amide bonds. The lowest BCUT2D eigenvalue weighted by Crippen LogP contribution is -2.39. The number of methoxy groups -OCH3 is 1. The molecule has 0 bridgehead atoms. The third-order valence-corrected chi connectivity index (χ3v) is 5.38. The minimum Gasteiger partial charge on any atom is -0.497 e. The zero-order valence-electron chi connectivity index (χ0n) is 17.1. The Hall–Kier alpha value is -3.09. The molecule has 2 aromatic heterocycles. The first-order valence-electron chi connectivity index (χ1n) is 9.95. The number of amides is 1. The van der Waals surface area contributed by atoms with Gasteiger partial charge in [-0.05, 0) is 43.9 Å². The van der Waals surface area contributed by atoms with Crippen LogP contribution < -0.4 is 4.74 Å². The van der Waals surface area contributed by atoms with E-state index in [4.69, 9.17) is 14.4 Å². The fourth-order valence-corrected chi connectivity index (χ4v) is 4.01. The van der Waals surface area contributed by atoms with Crippen LogP contribution >= 0.6 is 0 Å². The second-order valence-corrected chi connectivity index (χ2v) is 7.56. The molecule has 0 aliphatic carbocycles. The largest absolute Gasteiger partial charge is 0.497 e. The number of nitrogens with zero attached hydrogens (tertiary/aromatic N) is 4. The molecule has 0 N–H and O–H groups in total. The van der Waals surface area contributed by atoms with Gasteiger partial charge in [0.15, 0.2) is 5.76 Å². The topological polar surface area (TPSA) is 73.4 Å². The lowest BCUT2D eigenvalue weighted by molar-refractivity contribution is -0.134. The lowest BCUT2D eigenvalue weighted by Gasteiger charge is -2.35. The third-order valence-electron chi connectivity index (χ3n) is 5.38. The molecule has 3 aromatic rings. The molecule has 3 heterocycles. The fourth-order valence-electron chi connectivity index (χ4n) is 4.01. The summed E-state index contributed by atoms with van der Waals surface area (Å²) < 4.78 is 12.6. The van der Waals surface area contributed by atoms with Crippen LogP contribution in [0.3, 0.4) is 0 Å². The highest BCUT2D eigenvalue weighted by molar-refractivity contribution is 5.80. The van der Waals surface area contributed by atoms with Gasteiger partial charge in [-0.1, -0.05) is 17.3 Å². The molecule has 0 radical (unpaired) electrons. The number of hydrogen-bond donors (Lipinski definition) is 0. The standard InChI is InChI=1S/C22H26N4O3/c1-15-11-20(29-24-15)18-14-25(2)23-22(18)19-9-4-5-10-26(19)21(27)13-16-7-6-8-17(12-16)28-3/h6-8,11-12,14,19H,4-5,9-10,13H2,1-3H3/t19-/m1/s1. The number of carbonyl (C=O) groups is 1. The molecule has 1 aliphatic rings. The average Bonchev–Trinajstić information content (AvgIpc) is 3.33. The Morgan fingerprint density at radius 2 is 2.17 bits per heavy atom. The van der Waals surface area contributed by atoms with E-state index >= 15 is 0 Å². The van der Waals surface area contributed by atoms with Crippen molar-refractivity contribution in [1.29, 1.82) is 0 Å². The van der Waals surface area contributed by atoms with Crippen molar-refractivity contribution in [3.8, 4) is 17.1 Å². The Kier molecular flexibility index (Phi) is 5.38. The second-order valence-electron chi connectivity index (χ2n) is 7.56. The minimum absolute atomic E-state index is 0.0662. The quantitative estimate of drug-likeness (QED) is 0.660. The molecule has 1 fully saturated rings. The van der Waals surface area contributed by atoms with Crippen LogP contribution in [0.15, 0.2) is 41.1 Å². The molecule has 7 heteroatoms. The summed E-state index contributed by atoms with van der Waals surface area (Å²) in [7, 11) is 3.52. The second kappa shape index (κ2) is 8.11. The van der Waals surface area contributed by atoms with Gasteiger partial charge in [-0.3, -0.25) is 9.48 Å². The molecular weight excluding hydrogens is 368 g/mol. The van der Waals surface area contributed by atoms with Gasteiger partial charge in [-0.25, -0.2) is 0 Å². The van der Waals surface area contributed by atoms with E-state index in [2.05, 4.69) is 5.16 Å². The number of likely N-dealkylation sites (tertiary alicyclic amines) is 1. The first kappa shape index (κ1) is 19.2. The third kappa shape index (κ3) is 4.04. The summed E-state index contributed by atoms with van der Waals surface area (Å²) in [4.78, 5) is 15.2. The van der Waals surface area contributed by atoms with Crippen molar-refractivity contribution in [1.82, 2.24) is 19.8 Å². The van der Waals surface area contributed by atoms with Crippen molar-refractivity contribution in [3.05, 3.63) is 53.5 Å². The lowest BCUT2D eigenvalue weighted by atomic mass is 9.95. The predicted octanol–water partition coefficient (Wildman–Crippen LogP) is 3.69. The van der Waals surface area contributed by atoms with Crippen LogP contribution in [0.4, 0.5) is 0 Å². The van der Waals surface area contributed by atoms with Gasteiger partial charge in [0.1, 0.15) is 5.75 Å². The van der Waals surface area contributed by atoms with Crippen molar-refractivity contribution in [3.63, 3.8) is 0 Å². The normalized spacial score (nSPS) is 16.8. The van der Waals surface area contributed by atoms with E-state index in [-0.39, 0.29) is 11.9 Å². The predicted molar refractivity (Wildman–Crippen MR) is 108 cm³/mol. The van der Waals surface area contributed by atoms with Gasteiger partial charge < -0.3 is 14.2 Å². The molecule has 1 aromatic carbocycles. The number of benzene rings is 1. The number of rotatable bonds is 5. The molecular formula is C22H26N4O3. The Morgan fingerprint density at radius 3 is 2.93 bits per heavy atom. The highest BCUT2D eigenvalue weighted by atomic mass is 16.5. The highest BCUT2D eigenvalue weighted by Gasteiger charge is 2.32. The molecule has 0 saturated carbocycles. The van der Waals surface area contributed by atoms with Gasteiger partial charge in [-0.2, -0.15) is 5.10 Å². The van der Waals surface area contributed by atoms with Crippen LogP contribution in [0.1, 0.15) is 42.3 Å². The first-order chi connectivity index (χ1) is 14.0. The summed E-state index contributed by atoms with van der Waals surface area (Å²) in [6, 6.07) is 9.52. The van der Waals surface area contributed by atoms with Crippen molar-refractivity contribution in [2.75, 3.05) is 13.7 Å². The SMILES string of the molecule is COc1cccc(CC(=O)N2CCCC[C@@H]2c2nn(C)cc2-c2cc(C)no2)c1.